The van der Waals surface area contributed by atoms with E-state index in [1.54, 1.807) is 6.20 Å². The number of imidazole rings is 1. The van der Waals surface area contributed by atoms with E-state index in [2.05, 4.69) is 37.7 Å². The van der Waals surface area contributed by atoms with Crippen molar-refractivity contribution < 1.29 is 0 Å². The Morgan fingerprint density at radius 2 is 1.84 bits per heavy atom. The second-order valence-corrected chi connectivity index (χ2v) is 6.24. The molecule has 0 unspecified atom stereocenters. The molecule has 0 aliphatic heterocycles. The summed E-state index contributed by atoms with van der Waals surface area (Å²) in [4.78, 5) is 13.6. The fourth-order valence-corrected chi connectivity index (χ4v) is 3.10. The molecule has 25 heavy (non-hydrogen) atoms. The van der Waals surface area contributed by atoms with Crippen LogP contribution in [0.5, 0.6) is 0 Å². The Morgan fingerprint density at radius 1 is 1.00 bits per heavy atom. The summed E-state index contributed by atoms with van der Waals surface area (Å²) in [5.74, 6) is 0.516. The van der Waals surface area contributed by atoms with Crippen LogP contribution in [-0.2, 0) is 0 Å². The highest BCUT2D eigenvalue weighted by molar-refractivity contribution is 6.30. The predicted octanol–water partition coefficient (Wildman–Crippen LogP) is 4.81. The Balaban J connectivity index is 1.79. The number of fused-ring (bicyclic) bond motifs is 1. The first kappa shape index (κ1) is 15.6. The lowest BCUT2D eigenvalue weighted by Crippen LogP contribution is -2.00. The van der Waals surface area contributed by atoms with Crippen molar-refractivity contribution in [2.24, 2.45) is 0 Å². The van der Waals surface area contributed by atoms with E-state index in [0.717, 1.165) is 34.1 Å². The number of hydrogen-bond acceptors (Lipinski definition) is 4. The van der Waals surface area contributed by atoms with E-state index >= 15 is 0 Å². The number of pyridine rings is 1. The quantitative estimate of drug-likeness (QED) is 0.577. The lowest BCUT2D eigenvalue weighted by molar-refractivity contribution is 1.07. The summed E-state index contributed by atoms with van der Waals surface area (Å²) in [6.07, 6.45) is 1.74. The van der Waals surface area contributed by atoms with Crippen LogP contribution in [0.4, 0.5) is 11.6 Å². The summed E-state index contributed by atoms with van der Waals surface area (Å²) in [5.41, 5.74) is 5.59. The van der Waals surface area contributed by atoms with E-state index in [1.165, 1.54) is 0 Å². The van der Waals surface area contributed by atoms with Crippen molar-refractivity contribution >= 4 is 28.9 Å². The molecular formula is C19H16ClN5. The lowest BCUT2D eigenvalue weighted by Gasteiger charge is -2.09. The molecule has 0 aliphatic carbocycles. The topological polar surface area (TPSA) is 55.1 Å². The Morgan fingerprint density at radius 3 is 2.68 bits per heavy atom. The third-order valence-corrected chi connectivity index (χ3v) is 4.23. The number of halogens is 1. The molecule has 0 atom stereocenters. The fourth-order valence-electron chi connectivity index (χ4n) is 2.91. The molecule has 0 fully saturated rings. The normalized spacial score (nSPS) is 11.0. The molecule has 0 radical (unpaired) electrons. The average Bonchev–Trinajstić information content (AvgIpc) is 2.92. The highest BCUT2D eigenvalue weighted by atomic mass is 35.5. The zero-order valence-corrected chi connectivity index (χ0v) is 14.6. The van der Waals surface area contributed by atoms with Crippen molar-refractivity contribution in [2.75, 3.05) is 5.32 Å². The van der Waals surface area contributed by atoms with Crippen LogP contribution in [0.3, 0.4) is 0 Å². The van der Waals surface area contributed by atoms with Crippen molar-refractivity contribution in [1.29, 1.82) is 0 Å². The van der Waals surface area contributed by atoms with Crippen molar-refractivity contribution in [1.82, 2.24) is 19.4 Å². The maximum absolute atomic E-state index is 6.03. The molecule has 0 amide bonds. The number of aryl methyl sites for hydroxylation is 2. The molecule has 1 N–H and O–H groups in total. The monoisotopic (exact) mass is 349 g/mol. The van der Waals surface area contributed by atoms with Crippen LogP contribution in [0, 0.1) is 13.8 Å². The highest BCUT2D eigenvalue weighted by Gasteiger charge is 2.14. The smallest absolute Gasteiger partial charge is 0.227 e. The maximum atomic E-state index is 6.03. The van der Waals surface area contributed by atoms with Gasteiger partial charge in [-0.15, -0.1) is 0 Å². The number of nitrogens with zero attached hydrogens (tertiary/aromatic N) is 4. The van der Waals surface area contributed by atoms with Gasteiger partial charge in [0.2, 0.25) is 5.95 Å². The SMILES string of the molecule is Cc1nc2cccc(C)n2c1-c1ccnc(Nc2cccc(Cl)c2)n1. The first-order chi connectivity index (χ1) is 12.1. The van der Waals surface area contributed by atoms with E-state index in [1.807, 2.05) is 49.4 Å². The van der Waals surface area contributed by atoms with Crippen LogP contribution in [0.1, 0.15) is 11.4 Å². The van der Waals surface area contributed by atoms with Gasteiger partial charge in [-0.1, -0.05) is 23.7 Å². The van der Waals surface area contributed by atoms with Gasteiger partial charge in [-0.25, -0.2) is 15.0 Å². The molecule has 1 aromatic carbocycles. The van der Waals surface area contributed by atoms with Gasteiger partial charge in [0.15, 0.2) is 0 Å². The molecule has 0 saturated heterocycles. The van der Waals surface area contributed by atoms with Crippen LogP contribution in [0.25, 0.3) is 17.0 Å². The molecule has 0 spiro atoms. The minimum atomic E-state index is 0.516. The largest absolute Gasteiger partial charge is 0.324 e. The van der Waals surface area contributed by atoms with Crippen LogP contribution >= 0.6 is 11.6 Å². The van der Waals surface area contributed by atoms with Crippen molar-refractivity contribution in [3.8, 4) is 11.4 Å². The van der Waals surface area contributed by atoms with Gasteiger partial charge in [-0.2, -0.15) is 0 Å². The first-order valence-corrected chi connectivity index (χ1v) is 8.30. The van der Waals surface area contributed by atoms with Crippen molar-refractivity contribution in [2.45, 2.75) is 13.8 Å². The summed E-state index contributed by atoms with van der Waals surface area (Å²) in [6.45, 7) is 4.05. The predicted molar refractivity (Wildman–Crippen MR) is 100 cm³/mol. The zero-order chi connectivity index (χ0) is 17.4. The van der Waals surface area contributed by atoms with Gasteiger partial charge in [-0.05, 0) is 50.2 Å². The zero-order valence-electron chi connectivity index (χ0n) is 13.9. The van der Waals surface area contributed by atoms with Gasteiger partial charge in [-0.3, -0.25) is 4.40 Å². The number of benzene rings is 1. The number of aromatic nitrogens is 4. The number of hydrogen-bond donors (Lipinski definition) is 1. The van der Waals surface area contributed by atoms with Gasteiger partial charge in [0.1, 0.15) is 5.65 Å². The van der Waals surface area contributed by atoms with Crippen LogP contribution in [-0.4, -0.2) is 19.4 Å². The molecule has 0 saturated carbocycles. The Bertz CT molecular complexity index is 1070. The van der Waals surface area contributed by atoms with Crippen LogP contribution in [0.15, 0.2) is 54.7 Å². The maximum Gasteiger partial charge on any atom is 0.227 e. The third kappa shape index (κ3) is 2.94. The summed E-state index contributed by atoms with van der Waals surface area (Å²) in [7, 11) is 0. The van der Waals surface area contributed by atoms with E-state index in [4.69, 9.17) is 11.6 Å². The molecule has 3 aromatic heterocycles. The lowest BCUT2D eigenvalue weighted by atomic mass is 10.2. The third-order valence-electron chi connectivity index (χ3n) is 3.99. The minimum absolute atomic E-state index is 0.516. The fraction of sp³-hybridized carbons (Fsp3) is 0.105. The Kier molecular flexibility index (Phi) is 3.86. The van der Waals surface area contributed by atoms with Gasteiger partial charge < -0.3 is 5.32 Å². The standard InChI is InChI=1S/C19H16ClN5/c1-12-5-3-8-17-22-13(2)18(25(12)17)16-9-10-21-19(24-16)23-15-7-4-6-14(20)11-15/h3-11H,1-2H3,(H,21,23,24). The van der Waals surface area contributed by atoms with Crippen LogP contribution in [0.2, 0.25) is 5.02 Å². The molecule has 5 nitrogen and oxygen atoms in total. The first-order valence-electron chi connectivity index (χ1n) is 7.92. The molecule has 124 valence electrons. The highest BCUT2D eigenvalue weighted by Crippen LogP contribution is 2.26. The summed E-state index contributed by atoms with van der Waals surface area (Å²) < 4.78 is 2.11. The van der Waals surface area contributed by atoms with Gasteiger partial charge in [0, 0.05) is 22.6 Å². The number of nitrogens with one attached hydrogen (secondary N) is 1. The minimum Gasteiger partial charge on any atom is -0.324 e. The molecule has 4 aromatic rings. The number of anilines is 2. The summed E-state index contributed by atoms with van der Waals surface area (Å²) in [5, 5.41) is 3.85. The Labute approximate surface area is 150 Å². The van der Waals surface area contributed by atoms with Crippen LogP contribution < -0.4 is 5.32 Å². The number of rotatable bonds is 3. The average molecular weight is 350 g/mol. The molecule has 0 bridgehead atoms. The van der Waals surface area contributed by atoms with Crippen molar-refractivity contribution in [3.05, 3.63) is 71.1 Å². The molecule has 3 heterocycles. The van der Waals surface area contributed by atoms with E-state index in [9.17, 15) is 0 Å². The van der Waals surface area contributed by atoms with Gasteiger partial charge in [0.25, 0.3) is 0 Å². The molecule has 6 heteroatoms. The molecule has 4 rings (SSSR count). The second-order valence-electron chi connectivity index (χ2n) is 5.81. The van der Waals surface area contributed by atoms with E-state index < -0.39 is 0 Å². The molecule has 0 aliphatic rings. The Hall–Kier alpha value is -2.92. The second kappa shape index (κ2) is 6.18. The molecular weight excluding hydrogens is 334 g/mol. The van der Waals surface area contributed by atoms with Gasteiger partial charge >= 0.3 is 0 Å². The summed E-state index contributed by atoms with van der Waals surface area (Å²) >= 11 is 6.03. The van der Waals surface area contributed by atoms with Crippen molar-refractivity contribution in [3.63, 3.8) is 0 Å². The van der Waals surface area contributed by atoms with Gasteiger partial charge in [0.05, 0.1) is 17.1 Å². The summed E-state index contributed by atoms with van der Waals surface area (Å²) in [6, 6.07) is 15.4. The van der Waals surface area contributed by atoms with E-state index in [0.29, 0.717) is 11.0 Å². The van der Waals surface area contributed by atoms with E-state index in [-0.39, 0.29) is 0 Å².